The summed E-state index contributed by atoms with van der Waals surface area (Å²) in [5.41, 5.74) is 1.26. The van der Waals surface area contributed by atoms with Crippen LogP contribution in [0.1, 0.15) is 44.1 Å². The number of thioether (sulfide) groups is 1. The molecule has 178 valence electrons. The number of carbonyl (C=O) groups is 2. The first-order valence-corrected chi connectivity index (χ1v) is 12.7. The molecule has 0 saturated heterocycles. The van der Waals surface area contributed by atoms with Gasteiger partial charge in [0.2, 0.25) is 5.91 Å². The standard InChI is InChI=1S/C26H29N3O4S/c30-23(27-20-11-5-2-6-12-20)15-16-29-25(32)21-13-7-8-14-22(21)28-26(29)34-18-24(31)33-17-19-9-3-1-4-10-19/h1,3-4,7-10,13-14,20H,2,5-6,11-12,15-18H2,(H,27,30). The summed E-state index contributed by atoms with van der Waals surface area (Å²) in [7, 11) is 0. The van der Waals surface area contributed by atoms with Crippen molar-refractivity contribution in [1.29, 1.82) is 0 Å². The smallest absolute Gasteiger partial charge is 0.316 e. The van der Waals surface area contributed by atoms with Crippen molar-refractivity contribution in [2.75, 3.05) is 5.75 Å². The van der Waals surface area contributed by atoms with Crippen molar-refractivity contribution in [3.63, 3.8) is 0 Å². The van der Waals surface area contributed by atoms with Crippen LogP contribution in [0.25, 0.3) is 10.9 Å². The number of aromatic nitrogens is 2. The summed E-state index contributed by atoms with van der Waals surface area (Å²) in [6.45, 7) is 0.399. The number of nitrogens with one attached hydrogen (secondary N) is 1. The lowest BCUT2D eigenvalue weighted by Gasteiger charge is -2.23. The minimum absolute atomic E-state index is 0.0197. The monoisotopic (exact) mass is 479 g/mol. The zero-order valence-corrected chi connectivity index (χ0v) is 19.9. The summed E-state index contributed by atoms with van der Waals surface area (Å²) in [6.07, 6.45) is 5.70. The van der Waals surface area contributed by atoms with Crippen LogP contribution < -0.4 is 10.9 Å². The highest BCUT2D eigenvalue weighted by molar-refractivity contribution is 7.99. The van der Waals surface area contributed by atoms with Crippen LogP contribution in [0.3, 0.4) is 0 Å². The van der Waals surface area contributed by atoms with Gasteiger partial charge in [0.1, 0.15) is 6.61 Å². The van der Waals surface area contributed by atoms with Gasteiger partial charge in [-0.1, -0.05) is 73.5 Å². The Morgan fingerprint density at radius 1 is 1.03 bits per heavy atom. The Morgan fingerprint density at radius 2 is 1.76 bits per heavy atom. The van der Waals surface area contributed by atoms with Crippen molar-refractivity contribution in [3.8, 4) is 0 Å². The largest absolute Gasteiger partial charge is 0.460 e. The van der Waals surface area contributed by atoms with Crippen molar-refractivity contribution in [2.24, 2.45) is 0 Å². The summed E-state index contributed by atoms with van der Waals surface area (Å²) >= 11 is 1.15. The van der Waals surface area contributed by atoms with Crippen LogP contribution in [-0.2, 0) is 27.5 Å². The number of hydrogen-bond donors (Lipinski definition) is 1. The molecule has 1 heterocycles. The van der Waals surface area contributed by atoms with Crippen LogP contribution in [0.2, 0.25) is 0 Å². The first-order chi connectivity index (χ1) is 16.6. The van der Waals surface area contributed by atoms with Crippen LogP contribution in [0.15, 0.2) is 64.5 Å². The summed E-state index contributed by atoms with van der Waals surface area (Å²) < 4.78 is 6.85. The van der Waals surface area contributed by atoms with E-state index in [9.17, 15) is 14.4 Å². The number of nitrogens with zero attached hydrogens (tertiary/aromatic N) is 2. The molecule has 3 aromatic rings. The SMILES string of the molecule is O=C(CCn1c(SCC(=O)OCc2ccccc2)nc2ccccc2c1=O)NC1CCCCC1. The van der Waals surface area contributed by atoms with Crippen molar-refractivity contribution in [1.82, 2.24) is 14.9 Å². The first kappa shape index (κ1) is 24.0. The Bertz CT molecular complexity index is 1190. The van der Waals surface area contributed by atoms with E-state index in [1.807, 2.05) is 36.4 Å². The van der Waals surface area contributed by atoms with Gasteiger partial charge in [0, 0.05) is 19.0 Å². The number of hydrogen-bond acceptors (Lipinski definition) is 6. The molecule has 1 aliphatic rings. The van der Waals surface area contributed by atoms with Crippen molar-refractivity contribution in [3.05, 3.63) is 70.5 Å². The van der Waals surface area contributed by atoms with E-state index < -0.39 is 5.97 Å². The fraction of sp³-hybridized carbons (Fsp3) is 0.385. The van der Waals surface area contributed by atoms with Gasteiger partial charge in [-0.15, -0.1) is 0 Å². The topological polar surface area (TPSA) is 90.3 Å². The highest BCUT2D eigenvalue weighted by atomic mass is 32.2. The van der Waals surface area contributed by atoms with Gasteiger partial charge in [-0.3, -0.25) is 19.0 Å². The lowest BCUT2D eigenvalue weighted by atomic mass is 9.95. The summed E-state index contributed by atoms with van der Waals surface area (Å²) in [5, 5.41) is 3.99. The number of para-hydroxylation sites is 1. The molecule has 8 heteroatoms. The first-order valence-electron chi connectivity index (χ1n) is 11.7. The van der Waals surface area contributed by atoms with Gasteiger partial charge in [-0.05, 0) is 30.5 Å². The third kappa shape index (κ3) is 6.47. The van der Waals surface area contributed by atoms with Gasteiger partial charge in [0.05, 0.1) is 16.7 Å². The molecule has 34 heavy (non-hydrogen) atoms. The normalized spacial score (nSPS) is 14.1. The molecule has 0 radical (unpaired) electrons. The van der Waals surface area contributed by atoms with Crippen LogP contribution in [0.4, 0.5) is 0 Å². The molecule has 7 nitrogen and oxygen atoms in total. The minimum atomic E-state index is -0.391. The number of rotatable bonds is 9. The van der Waals surface area contributed by atoms with Crippen LogP contribution >= 0.6 is 11.8 Å². The molecule has 0 unspecified atom stereocenters. The highest BCUT2D eigenvalue weighted by Crippen LogP contribution is 2.20. The van der Waals surface area contributed by atoms with E-state index >= 15 is 0 Å². The van der Waals surface area contributed by atoms with Gasteiger partial charge >= 0.3 is 5.97 Å². The molecule has 1 N–H and O–H groups in total. The van der Waals surface area contributed by atoms with E-state index in [-0.39, 0.29) is 42.8 Å². The molecule has 2 aromatic carbocycles. The molecular formula is C26H29N3O4S. The summed E-state index contributed by atoms with van der Waals surface area (Å²) in [6, 6.07) is 16.8. The van der Waals surface area contributed by atoms with Gasteiger partial charge in [-0.25, -0.2) is 4.98 Å². The number of carbonyl (C=O) groups excluding carboxylic acids is 2. The van der Waals surface area contributed by atoms with Crippen molar-refractivity contribution < 1.29 is 14.3 Å². The van der Waals surface area contributed by atoms with Crippen LogP contribution in [0.5, 0.6) is 0 Å². The van der Waals surface area contributed by atoms with Crippen molar-refractivity contribution >= 4 is 34.5 Å². The Kier molecular flexibility index (Phi) is 8.36. The van der Waals surface area contributed by atoms with E-state index in [1.54, 1.807) is 18.2 Å². The average molecular weight is 480 g/mol. The number of ether oxygens (including phenoxy) is 1. The lowest BCUT2D eigenvalue weighted by molar-refractivity contribution is -0.141. The van der Waals surface area contributed by atoms with E-state index in [4.69, 9.17) is 4.74 Å². The van der Waals surface area contributed by atoms with Crippen LogP contribution in [-0.4, -0.2) is 33.2 Å². The second kappa shape index (κ2) is 11.8. The maximum atomic E-state index is 13.2. The molecule has 0 bridgehead atoms. The number of benzene rings is 2. The number of esters is 1. The molecule has 0 spiro atoms. The maximum absolute atomic E-state index is 13.2. The van der Waals surface area contributed by atoms with Gasteiger partial charge < -0.3 is 10.1 Å². The van der Waals surface area contributed by atoms with E-state index in [2.05, 4.69) is 10.3 Å². The van der Waals surface area contributed by atoms with E-state index in [0.29, 0.717) is 16.1 Å². The van der Waals surface area contributed by atoms with Crippen LogP contribution in [0, 0.1) is 0 Å². The maximum Gasteiger partial charge on any atom is 0.316 e. The molecular weight excluding hydrogens is 450 g/mol. The molecule has 1 fully saturated rings. The Labute approximate surface area is 202 Å². The average Bonchev–Trinajstić information content (AvgIpc) is 2.87. The van der Waals surface area contributed by atoms with E-state index in [0.717, 1.165) is 43.0 Å². The van der Waals surface area contributed by atoms with Gasteiger partial charge in [0.15, 0.2) is 5.16 Å². The third-order valence-electron chi connectivity index (χ3n) is 5.92. The Balaban J connectivity index is 1.43. The molecule has 0 aliphatic heterocycles. The lowest BCUT2D eigenvalue weighted by Crippen LogP contribution is -2.37. The molecule has 1 saturated carbocycles. The highest BCUT2D eigenvalue weighted by Gasteiger charge is 2.18. The van der Waals surface area contributed by atoms with E-state index in [1.165, 1.54) is 11.0 Å². The zero-order chi connectivity index (χ0) is 23.8. The van der Waals surface area contributed by atoms with Gasteiger partial charge in [-0.2, -0.15) is 0 Å². The summed E-state index contributed by atoms with van der Waals surface area (Å²) in [5.74, 6) is -0.436. The van der Waals surface area contributed by atoms with Crippen molar-refractivity contribution in [2.45, 2.75) is 62.9 Å². The molecule has 1 amide bonds. The predicted octanol–water partition coefficient (Wildman–Crippen LogP) is 4.07. The Hall–Kier alpha value is -3.13. The van der Waals surface area contributed by atoms with Gasteiger partial charge in [0.25, 0.3) is 5.56 Å². The molecule has 0 atom stereocenters. The predicted molar refractivity (Wildman–Crippen MR) is 133 cm³/mol. The molecule has 1 aliphatic carbocycles. The minimum Gasteiger partial charge on any atom is -0.460 e. The molecule has 4 rings (SSSR count). The third-order valence-corrected chi connectivity index (χ3v) is 6.87. The Morgan fingerprint density at radius 3 is 2.56 bits per heavy atom. The molecule has 1 aromatic heterocycles. The second-order valence-electron chi connectivity index (χ2n) is 8.46. The number of fused-ring (bicyclic) bond motifs is 1. The number of amides is 1. The fourth-order valence-electron chi connectivity index (χ4n) is 4.12. The fourth-order valence-corrected chi connectivity index (χ4v) is 4.94. The second-order valence-corrected chi connectivity index (χ2v) is 9.40. The zero-order valence-electron chi connectivity index (χ0n) is 19.1. The quantitative estimate of drug-likeness (QED) is 0.283. The summed E-state index contributed by atoms with van der Waals surface area (Å²) in [4.78, 5) is 42.6.